The van der Waals surface area contributed by atoms with Crippen molar-refractivity contribution in [2.24, 2.45) is 9.98 Å². The first kappa shape index (κ1) is 28.1. The van der Waals surface area contributed by atoms with Gasteiger partial charge in [0.15, 0.2) is 5.60 Å². The lowest BCUT2D eigenvalue weighted by atomic mass is 9.82. The minimum Gasteiger partial charge on any atom is -0.373 e. The Morgan fingerprint density at radius 1 is 0.634 bits per heavy atom. The minimum absolute atomic E-state index is 0.742. The predicted molar refractivity (Wildman–Crippen MR) is 170 cm³/mol. The van der Waals surface area contributed by atoms with Crippen molar-refractivity contribution in [3.8, 4) is 0 Å². The fourth-order valence-electron chi connectivity index (χ4n) is 5.68. The Kier molecular flexibility index (Phi) is 8.18. The standard InChI is InChI=1S/C36H38N4O/c1-6-30-25(4)34(39-32(30)22-37-28-14-10-8-11-15-28)36(41,27-20-18-24(3)19-21-27)35-26(5)31(7-2)33(40-35)23-38-29-16-12-9-13-17-29/h8-23,39-41H,6-7H2,1-5H3. The van der Waals surface area contributed by atoms with E-state index in [0.717, 1.165) is 80.4 Å². The fraction of sp³-hybridized carbons (Fsp3) is 0.222. The Hall–Kier alpha value is -4.48. The van der Waals surface area contributed by atoms with Crippen molar-refractivity contribution in [1.29, 1.82) is 0 Å². The topological polar surface area (TPSA) is 76.5 Å². The second-order valence-electron chi connectivity index (χ2n) is 10.5. The smallest absolute Gasteiger partial charge is 0.170 e. The van der Waals surface area contributed by atoms with Crippen LogP contribution in [0, 0.1) is 20.8 Å². The van der Waals surface area contributed by atoms with Crippen LogP contribution >= 0.6 is 0 Å². The molecule has 5 aromatic rings. The van der Waals surface area contributed by atoms with Crippen molar-refractivity contribution in [3.63, 3.8) is 0 Å². The molecule has 0 radical (unpaired) electrons. The number of aromatic nitrogens is 2. The van der Waals surface area contributed by atoms with Crippen LogP contribution in [-0.4, -0.2) is 27.5 Å². The van der Waals surface area contributed by atoms with E-state index in [2.05, 4.69) is 44.6 Å². The second kappa shape index (κ2) is 11.9. The molecule has 0 saturated carbocycles. The highest BCUT2D eigenvalue weighted by molar-refractivity contribution is 5.84. The van der Waals surface area contributed by atoms with Gasteiger partial charge in [0, 0.05) is 0 Å². The summed E-state index contributed by atoms with van der Waals surface area (Å²) in [6.45, 7) is 10.5. The summed E-state index contributed by atoms with van der Waals surface area (Å²) in [5, 5.41) is 13.0. The van der Waals surface area contributed by atoms with E-state index in [4.69, 9.17) is 9.98 Å². The predicted octanol–water partition coefficient (Wildman–Crippen LogP) is 8.18. The summed E-state index contributed by atoms with van der Waals surface area (Å²) in [4.78, 5) is 16.6. The zero-order valence-electron chi connectivity index (χ0n) is 24.5. The van der Waals surface area contributed by atoms with Gasteiger partial charge in [0.2, 0.25) is 0 Å². The first-order valence-electron chi connectivity index (χ1n) is 14.3. The molecule has 2 heterocycles. The van der Waals surface area contributed by atoms with Crippen molar-refractivity contribution in [2.75, 3.05) is 0 Å². The molecular formula is C36H38N4O. The summed E-state index contributed by atoms with van der Waals surface area (Å²) in [7, 11) is 0. The van der Waals surface area contributed by atoms with Crippen molar-refractivity contribution < 1.29 is 5.11 Å². The molecule has 3 N–H and O–H groups in total. The van der Waals surface area contributed by atoms with Crippen molar-refractivity contribution in [1.82, 2.24) is 9.97 Å². The molecule has 0 atom stereocenters. The zero-order chi connectivity index (χ0) is 29.0. The monoisotopic (exact) mass is 542 g/mol. The summed E-state index contributed by atoms with van der Waals surface area (Å²) in [5.74, 6) is 0. The minimum atomic E-state index is -1.45. The number of H-pyrrole nitrogens is 2. The van der Waals surface area contributed by atoms with Gasteiger partial charge in [0.25, 0.3) is 0 Å². The van der Waals surface area contributed by atoms with E-state index in [1.54, 1.807) is 0 Å². The first-order chi connectivity index (χ1) is 19.9. The van der Waals surface area contributed by atoms with Gasteiger partial charge in [-0.2, -0.15) is 0 Å². The Balaban J connectivity index is 1.70. The van der Waals surface area contributed by atoms with Gasteiger partial charge in [-0.1, -0.05) is 80.1 Å². The third-order valence-corrected chi connectivity index (χ3v) is 7.92. The van der Waals surface area contributed by atoms with Crippen molar-refractivity contribution >= 4 is 23.8 Å². The van der Waals surface area contributed by atoms with E-state index in [1.807, 2.05) is 97.4 Å². The first-order valence-corrected chi connectivity index (χ1v) is 14.3. The lowest BCUT2D eigenvalue weighted by Gasteiger charge is -2.29. The molecule has 0 aliphatic rings. The molecule has 5 rings (SSSR count). The number of hydrogen-bond donors (Lipinski definition) is 3. The largest absolute Gasteiger partial charge is 0.373 e. The molecule has 5 heteroatoms. The SMILES string of the molecule is CCc1c(C=Nc2ccccc2)[nH]c(C(O)(c2ccc(C)cc2)c2[nH]c(C=Nc3ccccc3)c(CC)c2C)c1C. The number of nitrogens with one attached hydrogen (secondary N) is 2. The number of para-hydroxylation sites is 2. The summed E-state index contributed by atoms with van der Waals surface area (Å²) in [6.07, 6.45) is 5.36. The van der Waals surface area contributed by atoms with Crippen LogP contribution < -0.4 is 0 Å². The van der Waals surface area contributed by atoms with Crippen LogP contribution in [0.5, 0.6) is 0 Å². The molecule has 208 valence electrons. The number of aryl methyl sites for hydroxylation is 1. The maximum absolute atomic E-state index is 13.0. The molecule has 0 bridgehead atoms. The second-order valence-corrected chi connectivity index (χ2v) is 10.5. The van der Waals surface area contributed by atoms with Crippen LogP contribution in [0.1, 0.15) is 70.0 Å². The van der Waals surface area contributed by atoms with E-state index < -0.39 is 5.60 Å². The number of benzene rings is 3. The molecule has 0 fully saturated rings. The van der Waals surface area contributed by atoms with E-state index in [0.29, 0.717) is 0 Å². The van der Waals surface area contributed by atoms with Gasteiger partial charge >= 0.3 is 0 Å². The number of aliphatic hydroxyl groups is 1. The lowest BCUT2D eigenvalue weighted by Crippen LogP contribution is -2.32. The van der Waals surface area contributed by atoms with Gasteiger partial charge in [-0.3, -0.25) is 9.98 Å². The molecule has 0 aliphatic carbocycles. The number of rotatable bonds is 9. The Morgan fingerprint density at radius 3 is 1.44 bits per heavy atom. The summed E-state index contributed by atoms with van der Waals surface area (Å²) in [6, 6.07) is 27.9. The highest BCUT2D eigenvalue weighted by atomic mass is 16.3. The molecule has 3 aromatic carbocycles. The van der Waals surface area contributed by atoms with E-state index in [-0.39, 0.29) is 0 Å². The molecule has 41 heavy (non-hydrogen) atoms. The van der Waals surface area contributed by atoms with Gasteiger partial charge in [0.05, 0.1) is 46.6 Å². The number of aliphatic imine (C=N–C) groups is 2. The van der Waals surface area contributed by atoms with Gasteiger partial charge in [-0.25, -0.2) is 0 Å². The molecule has 0 saturated heterocycles. The Bertz CT molecular complexity index is 1570. The average Bonchev–Trinajstić information content (AvgIpc) is 3.51. The molecule has 0 spiro atoms. The van der Waals surface area contributed by atoms with Gasteiger partial charge in [0.1, 0.15) is 0 Å². The van der Waals surface area contributed by atoms with Crippen LogP contribution in [0.3, 0.4) is 0 Å². The van der Waals surface area contributed by atoms with Crippen LogP contribution in [0.2, 0.25) is 0 Å². The molecule has 0 aliphatic heterocycles. The summed E-state index contributed by atoms with van der Waals surface area (Å²) >= 11 is 0. The number of aromatic amines is 2. The van der Waals surface area contributed by atoms with Gasteiger partial charge in [-0.15, -0.1) is 0 Å². The lowest BCUT2D eigenvalue weighted by molar-refractivity contribution is 0.115. The van der Waals surface area contributed by atoms with Crippen LogP contribution in [0.15, 0.2) is 94.9 Å². The van der Waals surface area contributed by atoms with E-state index >= 15 is 0 Å². The molecule has 2 aromatic heterocycles. The van der Waals surface area contributed by atoms with Crippen molar-refractivity contribution in [2.45, 2.75) is 53.1 Å². The maximum Gasteiger partial charge on any atom is 0.170 e. The normalized spacial score (nSPS) is 13.3. The quantitative estimate of drug-likeness (QED) is 0.161. The maximum atomic E-state index is 13.0. The molecule has 0 amide bonds. The highest BCUT2D eigenvalue weighted by Gasteiger charge is 2.41. The molecule has 0 unspecified atom stereocenters. The zero-order valence-corrected chi connectivity index (χ0v) is 24.5. The summed E-state index contributed by atoms with van der Waals surface area (Å²) < 4.78 is 0. The van der Waals surface area contributed by atoms with Crippen LogP contribution in [0.25, 0.3) is 0 Å². The van der Waals surface area contributed by atoms with Crippen LogP contribution in [-0.2, 0) is 18.4 Å². The molecule has 5 nitrogen and oxygen atoms in total. The number of hydrogen-bond acceptors (Lipinski definition) is 3. The fourth-order valence-corrected chi connectivity index (χ4v) is 5.68. The van der Waals surface area contributed by atoms with Crippen molar-refractivity contribution in [3.05, 3.63) is 141 Å². The average molecular weight is 543 g/mol. The third kappa shape index (κ3) is 5.46. The van der Waals surface area contributed by atoms with E-state index in [1.165, 1.54) is 0 Å². The van der Waals surface area contributed by atoms with E-state index in [9.17, 15) is 5.11 Å². The Morgan fingerprint density at radius 2 is 1.05 bits per heavy atom. The third-order valence-electron chi connectivity index (χ3n) is 7.92. The van der Waals surface area contributed by atoms with Crippen LogP contribution in [0.4, 0.5) is 11.4 Å². The highest BCUT2D eigenvalue weighted by Crippen LogP contribution is 2.41. The number of nitrogens with zero attached hydrogens (tertiary/aromatic N) is 2. The molecular weight excluding hydrogens is 504 g/mol. The summed E-state index contributed by atoms with van der Waals surface area (Å²) in [5.41, 5.74) is 9.85. The van der Waals surface area contributed by atoms with Gasteiger partial charge in [-0.05, 0) is 85.7 Å². The Labute approximate surface area is 242 Å². The van der Waals surface area contributed by atoms with Gasteiger partial charge < -0.3 is 15.1 Å².